The molecule has 0 saturated carbocycles. The highest BCUT2D eigenvalue weighted by molar-refractivity contribution is 9.10. The van der Waals surface area contributed by atoms with Gasteiger partial charge in [0.25, 0.3) is 5.91 Å². The number of aryl methyl sites for hydroxylation is 1. The molecule has 2 heterocycles. The summed E-state index contributed by atoms with van der Waals surface area (Å²) in [4.78, 5) is 19.5. The quantitative estimate of drug-likeness (QED) is 0.377. The molecule has 29 heavy (non-hydrogen) atoms. The first-order valence-corrected chi connectivity index (χ1v) is 10.1. The average Bonchev–Trinajstić information content (AvgIpc) is 3.03. The summed E-state index contributed by atoms with van der Waals surface area (Å²) < 4.78 is 6.81. The van der Waals surface area contributed by atoms with E-state index in [2.05, 4.69) is 20.9 Å². The minimum absolute atomic E-state index is 0.0356. The molecule has 4 nitrogen and oxygen atoms in total. The fraction of sp³-hybridized carbons (Fsp3) is 0.0833. The Hall–Kier alpha value is -3.18. The molecule has 0 atom stereocenters. The van der Waals surface area contributed by atoms with Crippen LogP contribution in [0.2, 0.25) is 0 Å². The molecule has 1 aliphatic heterocycles. The first kappa shape index (κ1) is 17.9. The molecule has 5 heteroatoms. The van der Waals surface area contributed by atoms with Gasteiger partial charge in [0.15, 0.2) is 0 Å². The highest BCUT2D eigenvalue weighted by Crippen LogP contribution is 2.44. The van der Waals surface area contributed by atoms with Crippen LogP contribution < -0.4 is 9.64 Å². The lowest BCUT2D eigenvalue weighted by molar-refractivity contribution is 0.100. The van der Waals surface area contributed by atoms with Crippen molar-refractivity contribution in [2.45, 2.75) is 13.5 Å². The number of carbonyl (C=O) groups is 1. The lowest BCUT2D eigenvalue weighted by Crippen LogP contribution is -2.22. The van der Waals surface area contributed by atoms with Crippen LogP contribution in [0.3, 0.4) is 0 Å². The van der Waals surface area contributed by atoms with E-state index in [0.29, 0.717) is 18.1 Å². The Kier molecular flexibility index (Phi) is 4.32. The molecule has 0 aliphatic carbocycles. The zero-order valence-corrected chi connectivity index (χ0v) is 17.3. The zero-order valence-electron chi connectivity index (χ0n) is 15.7. The van der Waals surface area contributed by atoms with Crippen molar-refractivity contribution in [3.63, 3.8) is 0 Å². The molecule has 142 valence electrons. The summed E-state index contributed by atoms with van der Waals surface area (Å²) in [5.41, 5.74) is 4.18. The van der Waals surface area contributed by atoms with E-state index in [0.717, 1.165) is 37.9 Å². The fourth-order valence-corrected chi connectivity index (χ4v) is 4.23. The van der Waals surface area contributed by atoms with E-state index < -0.39 is 0 Å². The summed E-state index contributed by atoms with van der Waals surface area (Å²) in [5, 5.41) is 2.00. The number of amides is 1. The van der Waals surface area contributed by atoms with Gasteiger partial charge >= 0.3 is 0 Å². The molecule has 0 radical (unpaired) electrons. The second kappa shape index (κ2) is 7.01. The van der Waals surface area contributed by atoms with E-state index in [9.17, 15) is 4.79 Å². The van der Waals surface area contributed by atoms with Crippen LogP contribution in [0.15, 0.2) is 77.3 Å². The largest absolute Gasteiger partial charge is 0.473 e. The van der Waals surface area contributed by atoms with Gasteiger partial charge in [-0.15, -0.1) is 0 Å². The van der Waals surface area contributed by atoms with Gasteiger partial charge in [0.1, 0.15) is 6.61 Å². The third-order valence-corrected chi connectivity index (χ3v) is 5.83. The first-order chi connectivity index (χ1) is 14.1. The predicted octanol–water partition coefficient (Wildman–Crippen LogP) is 6.18. The molecule has 5 rings (SSSR count). The van der Waals surface area contributed by atoms with Gasteiger partial charge in [-0.05, 0) is 42.1 Å². The van der Waals surface area contributed by atoms with Crippen molar-refractivity contribution in [3.05, 3.63) is 94.1 Å². The van der Waals surface area contributed by atoms with Crippen LogP contribution in [0, 0.1) is 6.92 Å². The standard InChI is InChI=1S/C24H17BrN2O2/c1-15-20(12-13-22(26-15)29-14-16-6-3-2-4-7-16)27-21-11-10-19(25)17-8-5-9-18(23(17)21)24(27)28/h2-13H,14H2,1H3. The number of halogens is 1. The Bertz CT molecular complexity index is 1250. The van der Waals surface area contributed by atoms with Crippen molar-refractivity contribution < 1.29 is 9.53 Å². The van der Waals surface area contributed by atoms with E-state index in [1.807, 2.05) is 79.7 Å². The van der Waals surface area contributed by atoms with E-state index in [1.54, 1.807) is 4.90 Å². The Balaban J connectivity index is 1.49. The molecule has 0 bridgehead atoms. The molecular weight excluding hydrogens is 428 g/mol. The van der Waals surface area contributed by atoms with E-state index in [4.69, 9.17) is 4.74 Å². The summed E-state index contributed by atoms with van der Waals surface area (Å²) in [6.45, 7) is 2.35. The first-order valence-electron chi connectivity index (χ1n) is 9.33. The maximum atomic E-state index is 13.2. The SMILES string of the molecule is Cc1nc(OCc2ccccc2)ccc1N1C(=O)c2cccc3c(Br)ccc1c23. The van der Waals surface area contributed by atoms with Crippen LogP contribution in [0.25, 0.3) is 10.8 Å². The zero-order chi connectivity index (χ0) is 20.0. The van der Waals surface area contributed by atoms with Crippen LogP contribution in [-0.2, 0) is 6.61 Å². The van der Waals surface area contributed by atoms with Crippen molar-refractivity contribution >= 4 is 44.0 Å². The normalized spacial score (nSPS) is 12.6. The fourth-order valence-electron chi connectivity index (χ4n) is 3.76. The highest BCUT2D eigenvalue weighted by Gasteiger charge is 2.32. The summed E-state index contributed by atoms with van der Waals surface area (Å²) in [5.74, 6) is 0.506. The smallest absolute Gasteiger partial charge is 0.263 e. The van der Waals surface area contributed by atoms with Gasteiger partial charge in [-0.25, -0.2) is 4.98 Å². The molecule has 3 aromatic carbocycles. The average molecular weight is 445 g/mol. The number of benzene rings is 3. The van der Waals surface area contributed by atoms with E-state index >= 15 is 0 Å². The van der Waals surface area contributed by atoms with Crippen LogP contribution in [-0.4, -0.2) is 10.9 Å². The van der Waals surface area contributed by atoms with Crippen LogP contribution in [0.4, 0.5) is 11.4 Å². The van der Waals surface area contributed by atoms with Crippen molar-refractivity contribution in [2.24, 2.45) is 0 Å². The highest BCUT2D eigenvalue weighted by atomic mass is 79.9. The van der Waals surface area contributed by atoms with Crippen molar-refractivity contribution in [1.29, 1.82) is 0 Å². The minimum atomic E-state index is -0.0356. The number of hydrogen-bond donors (Lipinski definition) is 0. The Morgan fingerprint density at radius 1 is 0.931 bits per heavy atom. The molecule has 1 aromatic heterocycles. The Labute approximate surface area is 176 Å². The molecule has 0 fully saturated rings. The van der Waals surface area contributed by atoms with Crippen LogP contribution >= 0.6 is 15.9 Å². The molecule has 1 amide bonds. The summed E-state index contributed by atoms with van der Waals surface area (Å²) in [6.07, 6.45) is 0. The topological polar surface area (TPSA) is 42.4 Å². The third-order valence-electron chi connectivity index (χ3n) is 5.14. The second-order valence-electron chi connectivity index (χ2n) is 6.96. The van der Waals surface area contributed by atoms with Crippen molar-refractivity contribution in [3.8, 4) is 5.88 Å². The predicted molar refractivity (Wildman–Crippen MR) is 118 cm³/mol. The second-order valence-corrected chi connectivity index (χ2v) is 7.82. The Morgan fingerprint density at radius 3 is 2.52 bits per heavy atom. The number of hydrogen-bond acceptors (Lipinski definition) is 3. The van der Waals surface area contributed by atoms with Gasteiger partial charge in [0, 0.05) is 15.9 Å². The van der Waals surface area contributed by atoms with Crippen LogP contribution in [0.1, 0.15) is 21.6 Å². The van der Waals surface area contributed by atoms with Crippen LogP contribution in [0.5, 0.6) is 5.88 Å². The van der Waals surface area contributed by atoms with Gasteiger partial charge in [0.05, 0.1) is 22.6 Å². The molecule has 0 unspecified atom stereocenters. The monoisotopic (exact) mass is 444 g/mol. The third kappa shape index (κ3) is 2.98. The summed E-state index contributed by atoms with van der Waals surface area (Å²) >= 11 is 3.59. The Morgan fingerprint density at radius 2 is 1.72 bits per heavy atom. The molecule has 1 aliphatic rings. The number of aromatic nitrogens is 1. The lowest BCUT2D eigenvalue weighted by Gasteiger charge is -2.20. The molecule has 4 aromatic rings. The van der Waals surface area contributed by atoms with Crippen molar-refractivity contribution in [2.75, 3.05) is 4.90 Å². The number of rotatable bonds is 4. The molecule has 0 spiro atoms. The molecule has 0 saturated heterocycles. The van der Waals surface area contributed by atoms with E-state index in [-0.39, 0.29) is 5.91 Å². The maximum Gasteiger partial charge on any atom is 0.263 e. The maximum absolute atomic E-state index is 13.2. The number of ether oxygens (including phenoxy) is 1. The molecule has 0 N–H and O–H groups in total. The minimum Gasteiger partial charge on any atom is -0.473 e. The lowest BCUT2D eigenvalue weighted by atomic mass is 10.1. The van der Waals surface area contributed by atoms with Gasteiger partial charge in [-0.2, -0.15) is 0 Å². The van der Waals surface area contributed by atoms with E-state index in [1.165, 1.54) is 0 Å². The van der Waals surface area contributed by atoms with Gasteiger partial charge < -0.3 is 4.74 Å². The number of pyridine rings is 1. The van der Waals surface area contributed by atoms with Gasteiger partial charge in [-0.3, -0.25) is 9.69 Å². The van der Waals surface area contributed by atoms with Gasteiger partial charge in [0.2, 0.25) is 5.88 Å². The summed E-state index contributed by atoms with van der Waals surface area (Å²) in [7, 11) is 0. The summed E-state index contributed by atoms with van der Waals surface area (Å²) in [6, 6.07) is 23.5. The molecular formula is C24H17BrN2O2. The van der Waals surface area contributed by atoms with Crippen molar-refractivity contribution in [1.82, 2.24) is 4.98 Å². The van der Waals surface area contributed by atoms with Gasteiger partial charge in [-0.1, -0.05) is 58.4 Å². The number of carbonyl (C=O) groups excluding carboxylic acids is 1. The number of anilines is 2. The number of nitrogens with zero attached hydrogens (tertiary/aromatic N) is 2.